The lowest BCUT2D eigenvalue weighted by atomic mass is 10.1. The van der Waals surface area contributed by atoms with E-state index in [1.165, 1.54) is 0 Å². The first kappa shape index (κ1) is 12.0. The monoisotopic (exact) mass is 200 g/mol. The van der Waals surface area contributed by atoms with Crippen molar-refractivity contribution in [3.8, 4) is 0 Å². The number of hydrogen-bond donors (Lipinski definition) is 1. The number of piperazine rings is 1. The first-order valence-electron chi connectivity index (χ1n) is 5.74. The molecule has 2 unspecified atom stereocenters. The van der Waals surface area contributed by atoms with Crippen LogP contribution in [0.1, 0.15) is 26.7 Å². The van der Waals surface area contributed by atoms with Gasteiger partial charge in [0.1, 0.15) is 0 Å². The molecule has 1 aliphatic heterocycles. The van der Waals surface area contributed by atoms with E-state index in [1.807, 2.05) is 0 Å². The fourth-order valence-corrected chi connectivity index (χ4v) is 2.14. The van der Waals surface area contributed by atoms with Gasteiger partial charge in [-0.3, -0.25) is 4.90 Å². The van der Waals surface area contributed by atoms with Gasteiger partial charge in [0.15, 0.2) is 0 Å². The summed E-state index contributed by atoms with van der Waals surface area (Å²) in [5.74, 6) is 0. The highest BCUT2D eigenvalue weighted by atomic mass is 16.3. The van der Waals surface area contributed by atoms with Gasteiger partial charge in [-0.1, -0.05) is 13.3 Å². The third kappa shape index (κ3) is 3.56. The van der Waals surface area contributed by atoms with Gasteiger partial charge in [0, 0.05) is 32.2 Å². The van der Waals surface area contributed by atoms with Crippen molar-refractivity contribution in [3.63, 3.8) is 0 Å². The van der Waals surface area contributed by atoms with Crippen LogP contribution in [-0.2, 0) is 0 Å². The molecule has 3 heteroatoms. The standard InChI is InChI=1S/C11H24N2O/c1-4-5-11(14)9-13-7-6-12(3)8-10(13)2/h10-11,14H,4-9H2,1-3H3. The Bertz CT molecular complexity index is 163. The molecule has 1 rings (SSSR count). The smallest absolute Gasteiger partial charge is 0.0667 e. The number of likely N-dealkylation sites (N-methyl/N-ethyl adjacent to an activating group) is 1. The molecule has 0 amide bonds. The number of β-amino-alcohol motifs (C(OH)–C–C–N with tert-alkyl or cyclic N) is 1. The summed E-state index contributed by atoms with van der Waals surface area (Å²) >= 11 is 0. The Kier molecular flexibility index (Phi) is 4.85. The molecule has 1 heterocycles. The molecule has 0 saturated carbocycles. The summed E-state index contributed by atoms with van der Waals surface area (Å²) in [6.45, 7) is 8.56. The van der Waals surface area contributed by atoms with Crippen LogP contribution in [0.15, 0.2) is 0 Å². The van der Waals surface area contributed by atoms with Gasteiger partial charge < -0.3 is 10.0 Å². The van der Waals surface area contributed by atoms with Crippen LogP contribution in [0.2, 0.25) is 0 Å². The molecule has 1 N–H and O–H groups in total. The highest BCUT2D eigenvalue weighted by Gasteiger charge is 2.22. The number of aliphatic hydroxyl groups excluding tert-OH is 1. The highest BCUT2D eigenvalue weighted by Crippen LogP contribution is 2.09. The van der Waals surface area contributed by atoms with Crippen molar-refractivity contribution in [1.82, 2.24) is 9.80 Å². The molecule has 14 heavy (non-hydrogen) atoms. The minimum absolute atomic E-state index is 0.133. The normalized spacial score (nSPS) is 27.9. The fraction of sp³-hybridized carbons (Fsp3) is 1.00. The maximum atomic E-state index is 9.73. The third-order valence-electron chi connectivity index (χ3n) is 3.04. The maximum Gasteiger partial charge on any atom is 0.0667 e. The van der Waals surface area contributed by atoms with Gasteiger partial charge >= 0.3 is 0 Å². The zero-order valence-corrected chi connectivity index (χ0v) is 9.74. The predicted octanol–water partition coefficient (Wildman–Crippen LogP) is 0.783. The molecule has 3 nitrogen and oxygen atoms in total. The lowest BCUT2D eigenvalue weighted by molar-refractivity contribution is 0.0444. The van der Waals surface area contributed by atoms with E-state index >= 15 is 0 Å². The molecule has 1 aliphatic rings. The molecule has 0 aromatic carbocycles. The van der Waals surface area contributed by atoms with Crippen molar-refractivity contribution in [2.45, 2.75) is 38.8 Å². The fourth-order valence-electron chi connectivity index (χ4n) is 2.14. The van der Waals surface area contributed by atoms with Crippen molar-refractivity contribution in [2.24, 2.45) is 0 Å². The summed E-state index contributed by atoms with van der Waals surface area (Å²) < 4.78 is 0. The maximum absolute atomic E-state index is 9.73. The molecule has 1 fully saturated rings. The van der Waals surface area contributed by atoms with Gasteiger partial charge in [-0.15, -0.1) is 0 Å². The van der Waals surface area contributed by atoms with Crippen LogP contribution in [0, 0.1) is 0 Å². The second-order valence-electron chi connectivity index (χ2n) is 4.55. The quantitative estimate of drug-likeness (QED) is 0.726. The van der Waals surface area contributed by atoms with Crippen molar-refractivity contribution in [1.29, 1.82) is 0 Å². The van der Waals surface area contributed by atoms with Crippen molar-refractivity contribution < 1.29 is 5.11 Å². The van der Waals surface area contributed by atoms with Gasteiger partial charge in [-0.2, -0.15) is 0 Å². The number of rotatable bonds is 4. The van der Waals surface area contributed by atoms with E-state index in [1.54, 1.807) is 0 Å². The Morgan fingerprint density at radius 2 is 2.14 bits per heavy atom. The molecule has 0 bridgehead atoms. The molecule has 0 radical (unpaired) electrons. The third-order valence-corrected chi connectivity index (χ3v) is 3.04. The first-order chi connectivity index (χ1) is 6.63. The largest absolute Gasteiger partial charge is 0.392 e. The van der Waals surface area contributed by atoms with Gasteiger partial charge in [-0.25, -0.2) is 0 Å². The molecule has 0 aliphatic carbocycles. The topological polar surface area (TPSA) is 26.7 Å². The summed E-state index contributed by atoms with van der Waals surface area (Å²) in [6, 6.07) is 0.584. The summed E-state index contributed by atoms with van der Waals surface area (Å²) in [5, 5.41) is 9.73. The summed E-state index contributed by atoms with van der Waals surface area (Å²) in [5.41, 5.74) is 0. The minimum Gasteiger partial charge on any atom is -0.392 e. The Balaban J connectivity index is 2.29. The van der Waals surface area contributed by atoms with Crippen molar-refractivity contribution in [3.05, 3.63) is 0 Å². The van der Waals surface area contributed by atoms with E-state index in [9.17, 15) is 5.11 Å². The van der Waals surface area contributed by atoms with E-state index in [0.29, 0.717) is 6.04 Å². The number of nitrogens with zero attached hydrogens (tertiary/aromatic N) is 2. The van der Waals surface area contributed by atoms with Crippen LogP contribution in [0.5, 0.6) is 0 Å². The van der Waals surface area contributed by atoms with E-state index in [0.717, 1.165) is 39.0 Å². The Hall–Kier alpha value is -0.120. The minimum atomic E-state index is -0.133. The molecule has 0 spiro atoms. The molecular weight excluding hydrogens is 176 g/mol. The molecule has 2 atom stereocenters. The average Bonchev–Trinajstić information content (AvgIpc) is 2.10. The molecule has 0 aromatic rings. The second-order valence-corrected chi connectivity index (χ2v) is 4.55. The second kappa shape index (κ2) is 5.69. The predicted molar refractivity (Wildman–Crippen MR) is 59.4 cm³/mol. The number of hydrogen-bond acceptors (Lipinski definition) is 3. The van der Waals surface area contributed by atoms with Gasteiger partial charge in [0.25, 0.3) is 0 Å². The van der Waals surface area contributed by atoms with Crippen LogP contribution in [0.3, 0.4) is 0 Å². The average molecular weight is 200 g/mol. The zero-order chi connectivity index (χ0) is 10.6. The summed E-state index contributed by atoms with van der Waals surface area (Å²) in [4.78, 5) is 4.76. The van der Waals surface area contributed by atoms with Crippen LogP contribution in [0.25, 0.3) is 0 Å². The van der Waals surface area contributed by atoms with Crippen LogP contribution < -0.4 is 0 Å². The van der Waals surface area contributed by atoms with E-state index in [2.05, 4.69) is 30.7 Å². The van der Waals surface area contributed by atoms with Crippen LogP contribution in [0.4, 0.5) is 0 Å². The van der Waals surface area contributed by atoms with Crippen molar-refractivity contribution >= 4 is 0 Å². The summed E-state index contributed by atoms with van der Waals surface area (Å²) in [7, 11) is 2.16. The Morgan fingerprint density at radius 1 is 1.43 bits per heavy atom. The van der Waals surface area contributed by atoms with E-state index < -0.39 is 0 Å². The zero-order valence-electron chi connectivity index (χ0n) is 9.74. The molecule has 1 saturated heterocycles. The van der Waals surface area contributed by atoms with Crippen LogP contribution in [-0.4, -0.2) is 60.3 Å². The highest BCUT2D eigenvalue weighted by molar-refractivity contribution is 4.78. The molecule has 84 valence electrons. The Labute approximate surface area is 87.7 Å². The molecule has 0 aromatic heterocycles. The SMILES string of the molecule is CCCC(O)CN1CCN(C)CC1C. The van der Waals surface area contributed by atoms with E-state index in [-0.39, 0.29) is 6.10 Å². The Morgan fingerprint density at radius 3 is 2.71 bits per heavy atom. The summed E-state index contributed by atoms with van der Waals surface area (Å²) in [6.07, 6.45) is 1.87. The lowest BCUT2D eigenvalue weighted by Crippen LogP contribution is -2.52. The van der Waals surface area contributed by atoms with Gasteiger partial charge in [0.2, 0.25) is 0 Å². The lowest BCUT2D eigenvalue weighted by Gasteiger charge is -2.39. The van der Waals surface area contributed by atoms with E-state index in [4.69, 9.17) is 0 Å². The van der Waals surface area contributed by atoms with Gasteiger partial charge in [-0.05, 0) is 20.4 Å². The molecular formula is C11H24N2O. The number of aliphatic hydroxyl groups is 1. The van der Waals surface area contributed by atoms with Crippen molar-refractivity contribution in [2.75, 3.05) is 33.2 Å². The first-order valence-corrected chi connectivity index (χ1v) is 5.74. The van der Waals surface area contributed by atoms with Gasteiger partial charge in [0.05, 0.1) is 6.10 Å². The van der Waals surface area contributed by atoms with Crippen LogP contribution >= 0.6 is 0 Å².